The lowest BCUT2D eigenvalue weighted by Crippen LogP contribution is -2.34. The van der Waals surface area contributed by atoms with E-state index in [4.69, 9.17) is 14.2 Å². The summed E-state index contributed by atoms with van der Waals surface area (Å²) in [6, 6.07) is 22.5. The lowest BCUT2D eigenvalue weighted by atomic mass is 9.82. The zero-order chi connectivity index (χ0) is 25.4. The number of esters is 1. The fourth-order valence-electron chi connectivity index (χ4n) is 4.62. The van der Waals surface area contributed by atoms with Crippen LogP contribution in [0.15, 0.2) is 78.9 Å². The summed E-state index contributed by atoms with van der Waals surface area (Å²) in [6.07, 6.45) is 3.86. The predicted octanol–water partition coefficient (Wildman–Crippen LogP) is 5.76. The molecular weight excluding hydrogens is 454 g/mol. The Morgan fingerprint density at radius 1 is 0.917 bits per heavy atom. The van der Waals surface area contributed by atoms with Crippen LogP contribution < -0.4 is 14.4 Å². The van der Waals surface area contributed by atoms with Gasteiger partial charge in [-0.3, -0.25) is 0 Å². The van der Waals surface area contributed by atoms with Gasteiger partial charge in [0, 0.05) is 41.9 Å². The first-order valence-corrected chi connectivity index (χ1v) is 11.5. The second-order valence-electron chi connectivity index (χ2n) is 8.90. The molecule has 0 spiro atoms. The number of methoxy groups -OCH3 is 2. The van der Waals surface area contributed by atoms with E-state index in [1.54, 1.807) is 19.2 Å². The van der Waals surface area contributed by atoms with Gasteiger partial charge < -0.3 is 24.2 Å². The number of rotatable bonds is 5. The van der Waals surface area contributed by atoms with Crippen LogP contribution in [0.2, 0.25) is 0 Å². The molecule has 6 nitrogen and oxygen atoms in total. The molecule has 0 aromatic heterocycles. The fourth-order valence-corrected chi connectivity index (χ4v) is 4.62. The van der Waals surface area contributed by atoms with E-state index in [0.717, 1.165) is 33.3 Å². The zero-order valence-electron chi connectivity index (χ0n) is 20.6. The van der Waals surface area contributed by atoms with Crippen molar-refractivity contribution >= 4 is 28.5 Å². The number of phenolic OH excluding ortho intramolecular Hbond substituents is 1. The molecule has 1 aliphatic heterocycles. The standard InChI is InChI=1S/C30H27NO5/c1-31(2)22-10-5-19-17-27(29(33)35-4)25-15-16-30(36-28(25)26(19)18-22,20-6-11-23(32)12-7-20)21-8-13-24(34-3)14-9-21/h5-18,32H,1-4H3. The van der Waals surface area contributed by atoms with Gasteiger partial charge >= 0.3 is 5.97 Å². The lowest BCUT2D eigenvalue weighted by molar-refractivity contribution is 0.0599. The summed E-state index contributed by atoms with van der Waals surface area (Å²) in [6.45, 7) is 0. The van der Waals surface area contributed by atoms with Gasteiger partial charge in [-0.1, -0.05) is 30.3 Å². The van der Waals surface area contributed by atoms with Crippen LogP contribution in [0.3, 0.4) is 0 Å². The molecule has 1 atom stereocenters. The summed E-state index contributed by atoms with van der Waals surface area (Å²) in [5.74, 6) is 1.05. The van der Waals surface area contributed by atoms with Gasteiger partial charge in [-0.25, -0.2) is 4.79 Å². The number of benzene rings is 4. The Bertz CT molecular complexity index is 1470. The summed E-state index contributed by atoms with van der Waals surface area (Å²) in [4.78, 5) is 14.8. The normalized spacial score (nSPS) is 16.2. The van der Waals surface area contributed by atoms with E-state index in [9.17, 15) is 9.90 Å². The Morgan fingerprint density at radius 2 is 1.58 bits per heavy atom. The molecule has 1 unspecified atom stereocenters. The van der Waals surface area contributed by atoms with Crippen molar-refractivity contribution in [2.45, 2.75) is 5.60 Å². The van der Waals surface area contributed by atoms with Gasteiger partial charge in [-0.15, -0.1) is 0 Å². The summed E-state index contributed by atoms with van der Waals surface area (Å²) >= 11 is 0. The minimum absolute atomic E-state index is 0.165. The van der Waals surface area contributed by atoms with Crippen LogP contribution in [0.25, 0.3) is 16.8 Å². The van der Waals surface area contributed by atoms with Gasteiger partial charge in [0.05, 0.1) is 19.8 Å². The van der Waals surface area contributed by atoms with Crippen molar-refractivity contribution in [3.63, 3.8) is 0 Å². The van der Waals surface area contributed by atoms with Crippen molar-refractivity contribution in [3.05, 3.63) is 101 Å². The van der Waals surface area contributed by atoms with Crippen molar-refractivity contribution in [2.24, 2.45) is 0 Å². The van der Waals surface area contributed by atoms with Crippen molar-refractivity contribution in [2.75, 3.05) is 33.2 Å². The molecule has 0 bridgehead atoms. The average Bonchev–Trinajstić information content (AvgIpc) is 2.92. The van der Waals surface area contributed by atoms with Gasteiger partial charge in [0.25, 0.3) is 0 Å². The number of hydrogen-bond acceptors (Lipinski definition) is 6. The van der Waals surface area contributed by atoms with Gasteiger partial charge in [-0.2, -0.15) is 0 Å². The van der Waals surface area contributed by atoms with Gasteiger partial charge in [0.1, 0.15) is 17.2 Å². The maximum atomic E-state index is 12.8. The largest absolute Gasteiger partial charge is 0.508 e. The highest BCUT2D eigenvalue weighted by Crippen LogP contribution is 2.47. The van der Waals surface area contributed by atoms with Crippen LogP contribution >= 0.6 is 0 Å². The van der Waals surface area contributed by atoms with Crippen LogP contribution in [-0.2, 0) is 10.3 Å². The molecule has 1 N–H and O–H groups in total. The summed E-state index contributed by atoms with van der Waals surface area (Å²) < 4.78 is 17.4. The first-order valence-electron chi connectivity index (χ1n) is 11.5. The molecule has 0 amide bonds. The van der Waals surface area contributed by atoms with E-state index in [1.807, 2.05) is 85.7 Å². The van der Waals surface area contributed by atoms with E-state index in [2.05, 4.69) is 6.07 Å². The summed E-state index contributed by atoms with van der Waals surface area (Å²) in [5, 5.41) is 11.7. The van der Waals surface area contributed by atoms with Crippen LogP contribution in [-0.4, -0.2) is 39.4 Å². The Balaban J connectivity index is 1.80. The highest BCUT2D eigenvalue weighted by atomic mass is 16.5. The number of nitrogens with zero attached hydrogens (tertiary/aromatic N) is 1. The number of ether oxygens (including phenoxy) is 3. The van der Waals surface area contributed by atoms with Crippen LogP contribution in [0.5, 0.6) is 17.2 Å². The quantitative estimate of drug-likeness (QED) is 0.366. The topological polar surface area (TPSA) is 68.2 Å². The third-order valence-electron chi connectivity index (χ3n) is 6.60. The highest BCUT2D eigenvalue weighted by Gasteiger charge is 2.39. The molecule has 0 aliphatic carbocycles. The first kappa shape index (κ1) is 23.3. The smallest absolute Gasteiger partial charge is 0.338 e. The SMILES string of the molecule is COC(=O)c1cc2ccc(N(C)C)cc2c2c1C=CC(c1ccc(O)cc1)(c1ccc(OC)cc1)O2. The van der Waals surface area contributed by atoms with E-state index < -0.39 is 11.6 Å². The van der Waals surface area contributed by atoms with Crippen molar-refractivity contribution < 1.29 is 24.1 Å². The molecule has 4 aromatic rings. The minimum atomic E-state index is -1.01. The van der Waals surface area contributed by atoms with E-state index in [0.29, 0.717) is 16.9 Å². The lowest BCUT2D eigenvalue weighted by Gasteiger charge is -2.37. The van der Waals surface area contributed by atoms with Crippen LogP contribution in [0, 0.1) is 0 Å². The third-order valence-corrected chi connectivity index (χ3v) is 6.60. The number of fused-ring (bicyclic) bond motifs is 3. The number of aromatic hydroxyl groups is 1. The number of carbonyl (C=O) groups excluding carboxylic acids is 1. The highest BCUT2D eigenvalue weighted by molar-refractivity contribution is 6.04. The summed E-state index contributed by atoms with van der Waals surface area (Å²) in [7, 11) is 6.96. The zero-order valence-corrected chi connectivity index (χ0v) is 20.6. The Labute approximate surface area is 210 Å². The van der Waals surface area contributed by atoms with E-state index in [-0.39, 0.29) is 5.75 Å². The van der Waals surface area contributed by atoms with Crippen molar-refractivity contribution in [1.82, 2.24) is 0 Å². The Kier molecular flexibility index (Phi) is 5.80. The molecule has 0 radical (unpaired) electrons. The molecule has 0 saturated carbocycles. The average molecular weight is 482 g/mol. The Morgan fingerprint density at radius 3 is 2.19 bits per heavy atom. The Hall–Kier alpha value is -4.45. The molecule has 36 heavy (non-hydrogen) atoms. The third kappa shape index (κ3) is 3.81. The maximum absolute atomic E-state index is 12.8. The monoisotopic (exact) mass is 481 g/mol. The molecular formula is C30H27NO5. The number of phenols is 1. The van der Waals surface area contributed by atoms with Crippen molar-refractivity contribution in [3.8, 4) is 17.2 Å². The van der Waals surface area contributed by atoms with Gasteiger partial charge in [0.2, 0.25) is 0 Å². The van der Waals surface area contributed by atoms with Gasteiger partial charge in [-0.05, 0) is 60.0 Å². The van der Waals surface area contributed by atoms with Crippen LogP contribution in [0.1, 0.15) is 27.0 Å². The molecule has 5 rings (SSSR count). The molecule has 182 valence electrons. The molecule has 4 aromatic carbocycles. The summed E-state index contributed by atoms with van der Waals surface area (Å²) in [5.41, 5.74) is 2.79. The van der Waals surface area contributed by atoms with Gasteiger partial charge in [0.15, 0.2) is 5.60 Å². The molecule has 1 aliphatic rings. The van der Waals surface area contributed by atoms with Crippen molar-refractivity contribution in [1.29, 1.82) is 0 Å². The number of carbonyl (C=O) groups is 1. The second kappa shape index (κ2) is 8.96. The van der Waals surface area contributed by atoms with E-state index in [1.165, 1.54) is 7.11 Å². The fraction of sp³-hybridized carbons (Fsp3) is 0.167. The van der Waals surface area contributed by atoms with Crippen LogP contribution in [0.4, 0.5) is 5.69 Å². The predicted molar refractivity (Wildman–Crippen MR) is 141 cm³/mol. The molecule has 0 fully saturated rings. The molecule has 0 saturated heterocycles. The number of anilines is 1. The molecule has 1 heterocycles. The van der Waals surface area contributed by atoms with E-state index >= 15 is 0 Å². The second-order valence-corrected chi connectivity index (χ2v) is 8.90. The maximum Gasteiger partial charge on any atom is 0.338 e. The number of hydrogen-bond donors (Lipinski definition) is 1. The minimum Gasteiger partial charge on any atom is -0.508 e. The molecule has 6 heteroatoms. The first-order chi connectivity index (χ1) is 17.4.